The van der Waals surface area contributed by atoms with Gasteiger partial charge in [-0.2, -0.15) is 0 Å². The van der Waals surface area contributed by atoms with E-state index in [2.05, 4.69) is 20.8 Å². The van der Waals surface area contributed by atoms with E-state index in [-0.39, 0.29) is 11.3 Å². The van der Waals surface area contributed by atoms with Crippen molar-refractivity contribution >= 4 is 5.97 Å². The van der Waals surface area contributed by atoms with Crippen LogP contribution < -0.4 is 0 Å². The highest BCUT2D eigenvalue weighted by molar-refractivity contribution is 5.69. The van der Waals surface area contributed by atoms with Crippen molar-refractivity contribution < 1.29 is 9.90 Å². The molecule has 12 heavy (non-hydrogen) atoms. The van der Waals surface area contributed by atoms with Crippen LogP contribution in [0.15, 0.2) is 0 Å². The Hall–Kier alpha value is -0.530. The highest BCUT2D eigenvalue weighted by Gasteiger charge is 2.23. The zero-order valence-corrected chi connectivity index (χ0v) is 8.55. The van der Waals surface area contributed by atoms with Crippen LogP contribution in [0.25, 0.3) is 0 Å². The summed E-state index contributed by atoms with van der Waals surface area (Å²) in [6.07, 6.45) is 3.00. The molecule has 2 nitrogen and oxygen atoms in total. The number of aliphatic carboxylic acids is 1. The number of carbonyl (C=O) groups is 1. The van der Waals surface area contributed by atoms with Crippen LogP contribution in [-0.4, -0.2) is 11.1 Å². The molecule has 1 unspecified atom stereocenters. The SMILES string of the molecule is CCCC(C)(C)CC(C)C(=O)O. The fourth-order valence-electron chi connectivity index (χ4n) is 1.70. The van der Waals surface area contributed by atoms with Crippen molar-refractivity contribution in [3.8, 4) is 0 Å². The van der Waals surface area contributed by atoms with Crippen LogP contribution in [0, 0.1) is 11.3 Å². The third kappa shape index (κ3) is 4.37. The van der Waals surface area contributed by atoms with Crippen LogP contribution in [0.4, 0.5) is 0 Å². The van der Waals surface area contributed by atoms with E-state index in [1.807, 2.05) is 0 Å². The van der Waals surface area contributed by atoms with Crippen molar-refractivity contribution in [1.29, 1.82) is 0 Å². The molecule has 0 bridgehead atoms. The van der Waals surface area contributed by atoms with Crippen molar-refractivity contribution in [2.45, 2.75) is 47.0 Å². The Morgan fingerprint density at radius 1 is 1.50 bits per heavy atom. The first-order valence-electron chi connectivity index (χ1n) is 4.62. The van der Waals surface area contributed by atoms with Crippen molar-refractivity contribution in [1.82, 2.24) is 0 Å². The molecule has 0 rings (SSSR count). The first-order chi connectivity index (χ1) is 5.39. The highest BCUT2D eigenvalue weighted by atomic mass is 16.4. The number of carboxylic acid groups (broad SMARTS) is 1. The largest absolute Gasteiger partial charge is 0.481 e. The summed E-state index contributed by atoms with van der Waals surface area (Å²) in [5, 5.41) is 8.71. The van der Waals surface area contributed by atoms with Gasteiger partial charge < -0.3 is 5.11 Å². The Bertz CT molecular complexity index is 150. The molecular weight excluding hydrogens is 152 g/mol. The normalized spacial score (nSPS) is 14.3. The van der Waals surface area contributed by atoms with Crippen LogP contribution in [0.2, 0.25) is 0 Å². The van der Waals surface area contributed by atoms with Gasteiger partial charge in [-0.05, 0) is 18.3 Å². The lowest BCUT2D eigenvalue weighted by Crippen LogP contribution is -2.20. The molecule has 0 fully saturated rings. The van der Waals surface area contributed by atoms with E-state index in [1.165, 1.54) is 0 Å². The quantitative estimate of drug-likeness (QED) is 0.692. The Balaban J connectivity index is 3.95. The molecule has 0 aliphatic heterocycles. The van der Waals surface area contributed by atoms with E-state index in [0.29, 0.717) is 0 Å². The fourth-order valence-corrected chi connectivity index (χ4v) is 1.70. The second kappa shape index (κ2) is 4.48. The summed E-state index contributed by atoms with van der Waals surface area (Å²) in [7, 11) is 0. The summed E-state index contributed by atoms with van der Waals surface area (Å²) in [6.45, 7) is 8.18. The third-order valence-electron chi connectivity index (χ3n) is 2.21. The van der Waals surface area contributed by atoms with Crippen LogP contribution >= 0.6 is 0 Å². The summed E-state index contributed by atoms with van der Waals surface area (Å²) in [5.41, 5.74) is 0.173. The predicted molar refractivity (Wildman–Crippen MR) is 50.1 cm³/mol. The number of rotatable bonds is 5. The standard InChI is InChI=1S/C10H20O2/c1-5-6-10(3,4)7-8(2)9(11)12/h8H,5-7H2,1-4H3,(H,11,12). The van der Waals surface area contributed by atoms with Gasteiger partial charge >= 0.3 is 5.97 Å². The molecule has 72 valence electrons. The molecule has 0 heterocycles. The summed E-state index contributed by atoms with van der Waals surface area (Å²) in [6, 6.07) is 0. The molecule has 0 aromatic carbocycles. The molecule has 0 aliphatic carbocycles. The van der Waals surface area contributed by atoms with Gasteiger partial charge in [0, 0.05) is 0 Å². The molecule has 1 N–H and O–H groups in total. The summed E-state index contributed by atoms with van der Waals surface area (Å²) >= 11 is 0. The molecule has 2 heteroatoms. The van der Waals surface area contributed by atoms with E-state index in [0.717, 1.165) is 19.3 Å². The third-order valence-corrected chi connectivity index (χ3v) is 2.21. The van der Waals surface area contributed by atoms with Crippen molar-refractivity contribution in [2.24, 2.45) is 11.3 Å². The van der Waals surface area contributed by atoms with E-state index >= 15 is 0 Å². The summed E-state index contributed by atoms with van der Waals surface area (Å²) < 4.78 is 0. The van der Waals surface area contributed by atoms with Crippen LogP contribution in [-0.2, 0) is 4.79 Å². The average Bonchev–Trinajstić information content (AvgIpc) is 1.85. The first-order valence-corrected chi connectivity index (χ1v) is 4.62. The van der Waals surface area contributed by atoms with Crippen molar-refractivity contribution in [3.63, 3.8) is 0 Å². The molecule has 0 saturated heterocycles. The van der Waals surface area contributed by atoms with Crippen LogP contribution in [0.5, 0.6) is 0 Å². The smallest absolute Gasteiger partial charge is 0.306 e. The molecule has 0 aliphatic rings. The lowest BCUT2D eigenvalue weighted by Gasteiger charge is -2.25. The maximum atomic E-state index is 10.6. The van der Waals surface area contributed by atoms with Crippen LogP contribution in [0.3, 0.4) is 0 Å². The molecule has 1 atom stereocenters. The molecule has 0 aromatic rings. The Labute approximate surface area is 75.0 Å². The Kier molecular flexibility index (Phi) is 4.29. The molecule has 0 aromatic heterocycles. The topological polar surface area (TPSA) is 37.3 Å². The van der Waals surface area contributed by atoms with Gasteiger partial charge in [0.05, 0.1) is 5.92 Å². The zero-order chi connectivity index (χ0) is 9.78. The van der Waals surface area contributed by atoms with Crippen molar-refractivity contribution in [3.05, 3.63) is 0 Å². The van der Waals surface area contributed by atoms with Gasteiger partial charge in [0.2, 0.25) is 0 Å². The first kappa shape index (κ1) is 11.5. The van der Waals surface area contributed by atoms with Gasteiger partial charge in [-0.25, -0.2) is 0 Å². The Morgan fingerprint density at radius 3 is 2.33 bits per heavy atom. The van der Waals surface area contributed by atoms with E-state index < -0.39 is 5.97 Å². The average molecular weight is 172 g/mol. The highest BCUT2D eigenvalue weighted by Crippen LogP contribution is 2.30. The van der Waals surface area contributed by atoms with Crippen LogP contribution in [0.1, 0.15) is 47.0 Å². The van der Waals surface area contributed by atoms with E-state index in [4.69, 9.17) is 5.11 Å². The number of hydrogen-bond donors (Lipinski definition) is 1. The monoisotopic (exact) mass is 172 g/mol. The second-order valence-electron chi connectivity index (χ2n) is 4.36. The van der Waals surface area contributed by atoms with Gasteiger partial charge in [-0.3, -0.25) is 4.79 Å². The molecular formula is C10H20O2. The molecule has 0 amide bonds. The summed E-state index contributed by atoms with van der Waals surface area (Å²) in [5.74, 6) is -0.897. The molecule has 0 saturated carbocycles. The fraction of sp³-hybridized carbons (Fsp3) is 0.900. The number of hydrogen-bond acceptors (Lipinski definition) is 1. The summed E-state index contributed by atoms with van der Waals surface area (Å²) in [4.78, 5) is 10.6. The molecule has 0 spiro atoms. The molecule has 0 radical (unpaired) electrons. The van der Waals surface area contributed by atoms with Gasteiger partial charge in [-0.15, -0.1) is 0 Å². The van der Waals surface area contributed by atoms with Gasteiger partial charge in [-0.1, -0.05) is 34.1 Å². The lowest BCUT2D eigenvalue weighted by atomic mass is 9.80. The maximum Gasteiger partial charge on any atom is 0.306 e. The maximum absolute atomic E-state index is 10.6. The zero-order valence-electron chi connectivity index (χ0n) is 8.55. The van der Waals surface area contributed by atoms with Gasteiger partial charge in [0.15, 0.2) is 0 Å². The number of carboxylic acids is 1. The minimum absolute atomic E-state index is 0.173. The van der Waals surface area contributed by atoms with Crippen molar-refractivity contribution in [2.75, 3.05) is 0 Å². The Morgan fingerprint density at radius 2 is 2.00 bits per heavy atom. The predicted octanol–water partition coefficient (Wildman–Crippen LogP) is 2.92. The van der Waals surface area contributed by atoms with E-state index in [1.54, 1.807) is 6.92 Å². The second-order valence-corrected chi connectivity index (χ2v) is 4.36. The minimum atomic E-state index is -0.681. The minimum Gasteiger partial charge on any atom is -0.481 e. The van der Waals surface area contributed by atoms with E-state index in [9.17, 15) is 4.79 Å². The lowest BCUT2D eigenvalue weighted by molar-refractivity contribution is -0.142. The van der Waals surface area contributed by atoms with Gasteiger partial charge in [0.1, 0.15) is 0 Å². The van der Waals surface area contributed by atoms with Gasteiger partial charge in [0.25, 0.3) is 0 Å².